The van der Waals surface area contributed by atoms with Gasteiger partial charge in [0.05, 0.1) is 10.8 Å². The highest BCUT2D eigenvalue weighted by atomic mass is 32.2. The van der Waals surface area contributed by atoms with Crippen LogP contribution in [-0.4, -0.2) is 26.8 Å². The fourth-order valence-electron chi connectivity index (χ4n) is 4.59. The number of nitrogens with one attached hydrogen (secondary N) is 2. The van der Waals surface area contributed by atoms with Crippen LogP contribution in [0.2, 0.25) is 0 Å². The number of alkyl halides is 3. The van der Waals surface area contributed by atoms with Gasteiger partial charge in [-0.2, -0.15) is 13.2 Å². The molecular weight excluding hydrogens is 444 g/mol. The molecule has 4 nitrogen and oxygen atoms in total. The molecule has 2 aromatic carbocycles. The summed E-state index contributed by atoms with van der Waals surface area (Å²) in [6.07, 6.45) is -1.39. The van der Waals surface area contributed by atoms with Gasteiger partial charge in [0.2, 0.25) is 10.0 Å². The third-order valence-electron chi connectivity index (χ3n) is 6.67. The third kappa shape index (κ3) is 4.70. The molecule has 1 fully saturated rings. The Morgan fingerprint density at radius 2 is 1.88 bits per heavy atom. The van der Waals surface area contributed by atoms with Crippen LogP contribution >= 0.6 is 0 Å². The highest BCUT2D eigenvalue weighted by Gasteiger charge is 2.35. The Bertz CT molecular complexity index is 1100. The van der Waals surface area contributed by atoms with Crippen molar-refractivity contribution in [3.63, 3.8) is 0 Å². The molecule has 174 valence electrons. The second-order valence-electron chi connectivity index (χ2n) is 8.67. The SMILES string of the molecule is CNC1Cc2cc(F)c(CNS(=O)(=O)C3CCC3)cc2C1Cc1cccc(C(F)(F)F)c1. The van der Waals surface area contributed by atoms with Crippen LogP contribution in [-0.2, 0) is 35.6 Å². The highest BCUT2D eigenvalue weighted by Crippen LogP contribution is 2.38. The summed E-state index contributed by atoms with van der Waals surface area (Å²) >= 11 is 0. The first-order valence-corrected chi connectivity index (χ1v) is 12.3. The average molecular weight is 471 g/mol. The molecule has 0 heterocycles. The van der Waals surface area contributed by atoms with E-state index in [0.29, 0.717) is 31.2 Å². The maximum Gasteiger partial charge on any atom is 0.416 e. The molecule has 4 rings (SSSR count). The molecule has 0 saturated heterocycles. The normalized spacial score (nSPS) is 21.4. The van der Waals surface area contributed by atoms with E-state index >= 15 is 0 Å². The van der Waals surface area contributed by atoms with Gasteiger partial charge in [0.1, 0.15) is 5.82 Å². The van der Waals surface area contributed by atoms with E-state index in [9.17, 15) is 26.0 Å². The lowest BCUT2D eigenvalue weighted by Gasteiger charge is -2.25. The minimum atomic E-state index is -4.42. The molecule has 2 aliphatic carbocycles. The molecule has 0 radical (unpaired) electrons. The molecule has 2 N–H and O–H groups in total. The molecule has 2 aliphatic rings. The lowest BCUT2D eigenvalue weighted by molar-refractivity contribution is -0.137. The third-order valence-corrected chi connectivity index (χ3v) is 8.56. The van der Waals surface area contributed by atoms with Crippen molar-refractivity contribution in [1.29, 1.82) is 0 Å². The molecule has 9 heteroatoms. The molecule has 2 unspecified atom stereocenters. The number of halogens is 4. The molecule has 0 spiro atoms. The van der Waals surface area contributed by atoms with E-state index in [4.69, 9.17) is 0 Å². The summed E-state index contributed by atoms with van der Waals surface area (Å²) < 4.78 is 81.2. The number of hydrogen-bond donors (Lipinski definition) is 2. The summed E-state index contributed by atoms with van der Waals surface area (Å²) in [5, 5.41) is 2.78. The van der Waals surface area contributed by atoms with Gasteiger partial charge in [-0.3, -0.25) is 0 Å². The first kappa shape index (κ1) is 23.2. The largest absolute Gasteiger partial charge is 0.416 e. The molecule has 0 bridgehead atoms. The first-order valence-electron chi connectivity index (χ1n) is 10.7. The van der Waals surface area contributed by atoms with E-state index in [1.807, 2.05) is 0 Å². The lowest BCUT2D eigenvalue weighted by atomic mass is 9.89. The summed E-state index contributed by atoms with van der Waals surface area (Å²) in [5.74, 6) is -0.629. The van der Waals surface area contributed by atoms with Crippen LogP contribution in [0.4, 0.5) is 17.6 Å². The summed E-state index contributed by atoms with van der Waals surface area (Å²) in [6.45, 7) is -0.140. The van der Waals surface area contributed by atoms with Gasteiger partial charge in [-0.05, 0) is 61.6 Å². The fourth-order valence-corrected chi connectivity index (χ4v) is 6.14. The Morgan fingerprint density at radius 3 is 2.50 bits per heavy atom. The lowest BCUT2D eigenvalue weighted by Crippen LogP contribution is -2.38. The number of sulfonamides is 1. The van der Waals surface area contributed by atoms with Gasteiger partial charge in [-0.15, -0.1) is 0 Å². The highest BCUT2D eigenvalue weighted by molar-refractivity contribution is 7.90. The molecule has 0 amide bonds. The van der Waals surface area contributed by atoms with Gasteiger partial charge in [-0.25, -0.2) is 17.5 Å². The van der Waals surface area contributed by atoms with Gasteiger partial charge < -0.3 is 5.32 Å². The van der Waals surface area contributed by atoms with Gasteiger partial charge in [0.25, 0.3) is 0 Å². The van der Waals surface area contributed by atoms with E-state index in [-0.39, 0.29) is 24.1 Å². The van der Waals surface area contributed by atoms with Crippen LogP contribution in [0.25, 0.3) is 0 Å². The number of fused-ring (bicyclic) bond motifs is 1. The Labute approximate surface area is 185 Å². The Hall–Kier alpha value is -1.97. The van der Waals surface area contributed by atoms with Crippen molar-refractivity contribution >= 4 is 10.0 Å². The molecule has 32 heavy (non-hydrogen) atoms. The van der Waals surface area contributed by atoms with Crippen LogP contribution < -0.4 is 10.0 Å². The summed E-state index contributed by atoms with van der Waals surface area (Å²) in [6, 6.07) is 8.30. The van der Waals surface area contributed by atoms with Crippen LogP contribution in [0.5, 0.6) is 0 Å². The van der Waals surface area contributed by atoms with E-state index < -0.39 is 32.8 Å². The molecule has 2 atom stereocenters. The van der Waals surface area contributed by atoms with E-state index in [2.05, 4.69) is 10.0 Å². The van der Waals surface area contributed by atoms with Crippen molar-refractivity contribution in [3.8, 4) is 0 Å². The maximum absolute atomic E-state index is 14.7. The van der Waals surface area contributed by atoms with E-state index in [1.54, 1.807) is 19.2 Å². The van der Waals surface area contributed by atoms with Gasteiger partial charge >= 0.3 is 6.18 Å². The van der Waals surface area contributed by atoms with E-state index in [1.165, 1.54) is 12.1 Å². The Morgan fingerprint density at radius 1 is 1.12 bits per heavy atom. The number of likely N-dealkylation sites (N-methyl/N-ethyl adjacent to an activating group) is 1. The molecule has 0 aromatic heterocycles. The molecular formula is C23H26F4N2O2S. The van der Waals surface area contributed by atoms with Gasteiger partial charge in [0, 0.05) is 24.1 Å². The zero-order valence-corrected chi connectivity index (χ0v) is 18.5. The minimum Gasteiger partial charge on any atom is -0.316 e. The number of rotatable bonds is 7. The van der Waals surface area contributed by atoms with Crippen LogP contribution in [0.1, 0.15) is 53.0 Å². The summed E-state index contributed by atoms with van der Waals surface area (Å²) in [4.78, 5) is 0. The van der Waals surface area contributed by atoms with Crippen molar-refractivity contribution in [1.82, 2.24) is 10.0 Å². The van der Waals surface area contributed by atoms with Crippen LogP contribution in [0.3, 0.4) is 0 Å². The van der Waals surface area contributed by atoms with Crippen LogP contribution in [0, 0.1) is 5.82 Å². The monoisotopic (exact) mass is 470 g/mol. The number of benzene rings is 2. The minimum absolute atomic E-state index is 0.0548. The molecule has 0 aliphatic heterocycles. The van der Waals surface area contributed by atoms with E-state index in [0.717, 1.165) is 29.7 Å². The predicted octanol–water partition coefficient (Wildman–Crippen LogP) is 4.29. The standard InChI is InChI=1S/C23H26F4N2O2S/c1-28-22-12-15-11-21(24)16(13-29-32(30,31)18-6-3-7-18)10-19(15)20(22)9-14-4-2-5-17(8-14)23(25,26)27/h2,4-5,8,10-11,18,20,22,28-29H,3,6-7,9,12-13H2,1H3. The molecule has 2 aromatic rings. The second-order valence-corrected chi connectivity index (χ2v) is 10.7. The summed E-state index contributed by atoms with van der Waals surface area (Å²) in [7, 11) is -1.71. The van der Waals surface area contributed by atoms with Crippen molar-refractivity contribution in [2.45, 2.75) is 62.0 Å². The van der Waals surface area contributed by atoms with Crippen molar-refractivity contribution in [2.75, 3.05) is 7.05 Å². The van der Waals surface area contributed by atoms with Gasteiger partial charge in [-0.1, -0.05) is 30.7 Å². The topological polar surface area (TPSA) is 58.2 Å². The Kier molecular flexibility index (Phi) is 6.35. The zero-order valence-electron chi connectivity index (χ0n) is 17.7. The quantitative estimate of drug-likeness (QED) is 0.594. The summed E-state index contributed by atoms with van der Waals surface area (Å²) in [5.41, 5.74) is 1.75. The molecule has 1 saturated carbocycles. The number of hydrogen-bond acceptors (Lipinski definition) is 3. The maximum atomic E-state index is 14.7. The fraction of sp³-hybridized carbons (Fsp3) is 0.478. The Balaban J connectivity index is 1.58. The average Bonchev–Trinajstić information content (AvgIpc) is 3.00. The van der Waals surface area contributed by atoms with Gasteiger partial charge in [0.15, 0.2) is 0 Å². The van der Waals surface area contributed by atoms with Crippen molar-refractivity contribution in [3.05, 3.63) is 70.0 Å². The second kappa shape index (κ2) is 8.76. The van der Waals surface area contributed by atoms with Crippen molar-refractivity contribution in [2.24, 2.45) is 0 Å². The zero-order chi connectivity index (χ0) is 23.1. The first-order chi connectivity index (χ1) is 15.1. The predicted molar refractivity (Wildman–Crippen MR) is 114 cm³/mol. The smallest absolute Gasteiger partial charge is 0.316 e. The van der Waals surface area contributed by atoms with Crippen LogP contribution in [0.15, 0.2) is 36.4 Å². The van der Waals surface area contributed by atoms with Crippen molar-refractivity contribution < 1.29 is 26.0 Å².